The van der Waals surface area contributed by atoms with Crippen molar-refractivity contribution in [3.05, 3.63) is 34.2 Å². The van der Waals surface area contributed by atoms with Gasteiger partial charge in [-0.3, -0.25) is 9.36 Å². The van der Waals surface area contributed by atoms with Gasteiger partial charge in [0.15, 0.2) is 0 Å². The van der Waals surface area contributed by atoms with Gasteiger partial charge in [0.05, 0.1) is 11.0 Å². The quantitative estimate of drug-likeness (QED) is 0.815. The molecule has 2 heterocycles. The van der Waals surface area contributed by atoms with Crippen molar-refractivity contribution < 1.29 is 27.6 Å². The number of alkyl halides is 3. The fourth-order valence-electron chi connectivity index (χ4n) is 3.26. The molecule has 1 amide bonds. The first-order valence-electron chi connectivity index (χ1n) is 8.77. The van der Waals surface area contributed by atoms with Gasteiger partial charge in [0.2, 0.25) is 0 Å². The van der Waals surface area contributed by atoms with E-state index in [2.05, 4.69) is 15.1 Å². The van der Waals surface area contributed by atoms with Crippen molar-refractivity contribution in [3.8, 4) is 0 Å². The summed E-state index contributed by atoms with van der Waals surface area (Å²) in [6.45, 7) is 2.42. The Labute approximate surface area is 157 Å². The molecule has 8 nitrogen and oxygen atoms in total. The number of hydrogen-bond donors (Lipinski definition) is 2. The van der Waals surface area contributed by atoms with Gasteiger partial charge >= 0.3 is 17.8 Å². The van der Waals surface area contributed by atoms with E-state index in [4.69, 9.17) is 0 Å². The summed E-state index contributed by atoms with van der Waals surface area (Å²) in [5.74, 6) is -2.51. The lowest BCUT2D eigenvalue weighted by atomic mass is 10.1. The summed E-state index contributed by atoms with van der Waals surface area (Å²) in [6, 6.07) is 4.58. The average molecular weight is 400 g/mol. The van der Waals surface area contributed by atoms with Gasteiger partial charge in [-0.15, -0.1) is 5.06 Å². The van der Waals surface area contributed by atoms with Gasteiger partial charge in [-0.2, -0.15) is 13.2 Å². The molecule has 0 unspecified atom stereocenters. The van der Waals surface area contributed by atoms with E-state index in [0.29, 0.717) is 36.0 Å². The number of amides is 1. The molecule has 1 saturated heterocycles. The van der Waals surface area contributed by atoms with Gasteiger partial charge in [-0.05, 0) is 38.0 Å². The monoisotopic (exact) mass is 400 g/mol. The number of fused-ring (bicyclic) bond motifs is 1. The number of rotatable bonds is 4. The summed E-state index contributed by atoms with van der Waals surface area (Å²) in [7, 11) is 0. The van der Waals surface area contributed by atoms with Crippen molar-refractivity contribution in [1.29, 1.82) is 0 Å². The zero-order valence-electron chi connectivity index (χ0n) is 15.0. The first-order chi connectivity index (χ1) is 13.2. The lowest BCUT2D eigenvalue weighted by Crippen LogP contribution is -2.41. The van der Waals surface area contributed by atoms with E-state index in [1.807, 2.05) is 0 Å². The molecule has 3 rings (SSSR count). The molecule has 0 bridgehead atoms. The summed E-state index contributed by atoms with van der Waals surface area (Å²) < 4.78 is 38.4. The highest BCUT2D eigenvalue weighted by Crippen LogP contribution is 2.26. The molecule has 1 aliphatic rings. The van der Waals surface area contributed by atoms with E-state index < -0.39 is 12.1 Å². The number of nitrogens with one attached hydrogen (secondary N) is 2. The number of piperidine rings is 1. The molecule has 1 aromatic heterocycles. The van der Waals surface area contributed by atoms with Crippen molar-refractivity contribution in [3.63, 3.8) is 0 Å². The van der Waals surface area contributed by atoms with Crippen LogP contribution in [0.4, 0.5) is 13.2 Å². The van der Waals surface area contributed by atoms with Gasteiger partial charge < -0.3 is 15.1 Å². The van der Waals surface area contributed by atoms with Gasteiger partial charge in [-0.1, -0.05) is 0 Å². The molecule has 152 valence electrons. The van der Waals surface area contributed by atoms with Gasteiger partial charge in [0, 0.05) is 31.2 Å². The largest absolute Gasteiger partial charge is 0.492 e. The third kappa shape index (κ3) is 4.03. The molecule has 0 saturated carbocycles. The van der Waals surface area contributed by atoms with Crippen LogP contribution in [0.5, 0.6) is 0 Å². The maximum Gasteiger partial charge on any atom is 0.492 e. The summed E-state index contributed by atoms with van der Waals surface area (Å²) in [4.78, 5) is 42.3. The second kappa shape index (κ2) is 7.66. The van der Waals surface area contributed by atoms with Crippen LogP contribution in [0.25, 0.3) is 11.0 Å². The van der Waals surface area contributed by atoms with Crippen molar-refractivity contribution in [2.45, 2.75) is 32.0 Å². The number of imidazole rings is 1. The van der Waals surface area contributed by atoms with Gasteiger partial charge in [-0.25, -0.2) is 9.59 Å². The number of aromatic nitrogens is 2. The van der Waals surface area contributed by atoms with E-state index in [1.165, 1.54) is 4.57 Å². The molecule has 1 aromatic carbocycles. The number of carbonyl (C=O) groups is 2. The second-order valence-electron chi connectivity index (χ2n) is 6.43. The predicted octanol–water partition coefficient (Wildman–Crippen LogP) is 1.74. The molecule has 0 atom stereocenters. The molecule has 1 aliphatic heterocycles. The van der Waals surface area contributed by atoms with Crippen molar-refractivity contribution in [1.82, 2.24) is 19.9 Å². The Morgan fingerprint density at radius 2 is 1.96 bits per heavy atom. The average Bonchev–Trinajstić information content (AvgIpc) is 2.96. The maximum atomic E-state index is 12.4. The summed E-state index contributed by atoms with van der Waals surface area (Å²) in [6.07, 6.45) is -4.39. The number of carbonyl (C=O) groups excluding carboxylic acids is 2. The van der Waals surface area contributed by atoms with Crippen LogP contribution in [0.1, 0.15) is 36.2 Å². The first kappa shape index (κ1) is 19.9. The summed E-state index contributed by atoms with van der Waals surface area (Å²) in [5, 5.41) is 3.64. The zero-order chi connectivity index (χ0) is 20.5. The molecule has 2 aromatic rings. The Morgan fingerprint density at radius 1 is 1.29 bits per heavy atom. The highest BCUT2D eigenvalue weighted by Gasteiger charge is 2.43. The van der Waals surface area contributed by atoms with Crippen molar-refractivity contribution in [2.75, 3.05) is 19.6 Å². The topological polar surface area (TPSA) is 96.4 Å². The number of hydrogen-bond acceptors (Lipinski definition) is 5. The zero-order valence-corrected chi connectivity index (χ0v) is 15.0. The molecule has 1 fully saturated rings. The fraction of sp³-hybridized carbons (Fsp3) is 0.471. The smallest absolute Gasteiger partial charge is 0.361 e. The second-order valence-corrected chi connectivity index (χ2v) is 6.43. The number of aromatic amines is 1. The molecular formula is C17H19F3N4O4. The van der Waals surface area contributed by atoms with E-state index in [-0.39, 0.29) is 30.7 Å². The number of hydroxylamine groups is 2. The van der Waals surface area contributed by atoms with Crippen molar-refractivity contribution in [2.24, 2.45) is 0 Å². The molecule has 0 aliphatic carbocycles. The number of benzene rings is 1. The van der Waals surface area contributed by atoms with Crippen LogP contribution in [0.2, 0.25) is 0 Å². The Hall–Kier alpha value is -2.82. The van der Waals surface area contributed by atoms with Crippen molar-refractivity contribution >= 4 is 22.9 Å². The van der Waals surface area contributed by atoms with Crippen LogP contribution in [-0.4, -0.2) is 52.3 Å². The van der Waals surface area contributed by atoms with E-state index in [9.17, 15) is 27.6 Å². The minimum absolute atomic E-state index is 0.0720. The Bertz CT molecular complexity index is 942. The van der Waals surface area contributed by atoms with E-state index >= 15 is 0 Å². The Kier molecular flexibility index (Phi) is 5.45. The molecular weight excluding hydrogens is 381 g/mol. The van der Waals surface area contributed by atoms with E-state index in [0.717, 1.165) is 5.06 Å². The predicted molar refractivity (Wildman–Crippen MR) is 92.6 cm³/mol. The van der Waals surface area contributed by atoms with Crippen LogP contribution < -0.4 is 11.0 Å². The van der Waals surface area contributed by atoms with Crippen LogP contribution in [-0.2, 0) is 9.63 Å². The van der Waals surface area contributed by atoms with Crippen LogP contribution in [0, 0.1) is 0 Å². The Balaban J connectivity index is 1.74. The maximum absolute atomic E-state index is 12.4. The number of halogens is 3. The van der Waals surface area contributed by atoms with Crippen LogP contribution in [0.15, 0.2) is 23.0 Å². The number of H-pyrrole nitrogens is 1. The standard InChI is InChI=1S/C17H19F3N4O4/c1-2-21-14(25)10-3-4-13-12(9-10)22-16(27)24(13)11-5-7-23(8-6-11)28-15(26)17(18,19)20/h3-4,9,11H,2,5-8H2,1H3,(H,21,25)(H,22,27). The summed E-state index contributed by atoms with van der Waals surface area (Å²) in [5.41, 5.74) is 1.15. The molecule has 0 radical (unpaired) electrons. The highest BCUT2D eigenvalue weighted by atomic mass is 19.4. The minimum atomic E-state index is -5.05. The lowest BCUT2D eigenvalue weighted by Gasteiger charge is -2.31. The minimum Gasteiger partial charge on any atom is -0.361 e. The molecule has 28 heavy (non-hydrogen) atoms. The van der Waals surface area contributed by atoms with Gasteiger partial charge in [0.25, 0.3) is 5.91 Å². The third-order valence-electron chi connectivity index (χ3n) is 4.55. The first-order valence-corrected chi connectivity index (χ1v) is 8.77. The molecule has 11 heteroatoms. The highest BCUT2D eigenvalue weighted by molar-refractivity contribution is 5.97. The third-order valence-corrected chi connectivity index (χ3v) is 4.55. The van der Waals surface area contributed by atoms with Crippen LogP contribution in [0.3, 0.4) is 0 Å². The van der Waals surface area contributed by atoms with E-state index in [1.54, 1.807) is 25.1 Å². The number of nitrogens with zero attached hydrogens (tertiary/aromatic N) is 2. The summed E-state index contributed by atoms with van der Waals surface area (Å²) >= 11 is 0. The van der Waals surface area contributed by atoms with Gasteiger partial charge in [0.1, 0.15) is 0 Å². The normalized spacial score (nSPS) is 16.3. The SMILES string of the molecule is CCNC(=O)c1ccc2c(c1)[nH]c(=O)n2C1CCN(OC(=O)C(F)(F)F)CC1. The lowest BCUT2D eigenvalue weighted by molar-refractivity contribution is -0.242. The fourth-order valence-corrected chi connectivity index (χ4v) is 3.26. The molecule has 0 spiro atoms. The molecule has 2 N–H and O–H groups in total. The van der Waals surface area contributed by atoms with Crippen LogP contribution >= 0.6 is 0 Å². The Morgan fingerprint density at radius 3 is 2.57 bits per heavy atom.